The second-order valence-corrected chi connectivity index (χ2v) is 12.0. The topological polar surface area (TPSA) is 63.6 Å². The van der Waals surface area contributed by atoms with Crippen LogP contribution in [0.3, 0.4) is 0 Å². The number of benzene rings is 1. The van der Waals surface area contributed by atoms with Crippen molar-refractivity contribution < 1.29 is 19.4 Å². The maximum absolute atomic E-state index is 13.0. The van der Waals surface area contributed by atoms with Crippen LogP contribution < -0.4 is 0 Å². The molecular formula is C33H44Cl2O4. The van der Waals surface area contributed by atoms with Crippen LogP contribution >= 0.6 is 23.2 Å². The van der Waals surface area contributed by atoms with Gasteiger partial charge in [0, 0.05) is 15.6 Å². The van der Waals surface area contributed by atoms with Gasteiger partial charge < -0.3 is 9.84 Å². The lowest BCUT2D eigenvalue weighted by atomic mass is 9.82. The van der Waals surface area contributed by atoms with Crippen molar-refractivity contribution in [3.63, 3.8) is 0 Å². The Morgan fingerprint density at radius 1 is 0.795 bits per heavy atom. The Morgan fingerprint density at radius 3 is 1.82 bits per heavy atom. The fourth-order valence-electron chi connectivity index (χ4n) is 5.74. The number of hydrogen-bond donors (Lipinski definition) is 1. The van der Waals surface area contributed by atoms with Crippen molar-refractivity contribution in [1.82, 2.24) is 0 Å². The molecule has 0 amide bonds. The van der Waals surface area contributed by atoms with Crippen molar-refractivity contribution >= 4 is 35.1 Å². The number of rotatable bonds is 18. The van der Waals surface area contributed by atoms with E-state index in [1.807, 2.05) is 18.2 Å². The van der Waals surface area contributed by atoms with Gasteiger partial charge in [-0.15, -0.1) is 0 Å². The van der Waals surface area contributed by atoms with Crippen molar-refractivity contribution in [2.24, 2.45) is 10.8 Å². The molecule has 0 fully saturated rings. The Bertz CT molecular complexity index is 1010. The van der Waals surface area contributed by atoms with E-state index in [2.05, 4.69) is 18.2 Å². The molecule has 0 aliphatic heterocycles. The SMILES string of the molecule is O=C(O)C1(CCCCCC/C=C\CCCCCCC2(C(=O)OCc3c(Cl)cccc3Cl)C=CCC2)C=CCC1. The minimum atomic E-state index is -0.660. The highest BCUT2D eigenvalue weighted by Gasteiger charge is 2.39. The summed E-state index contributed by atoms with van der Waals surface area (Å²) in [6, 6.07) is 5.30. The van der Waals surface area contributed by atoms with E-state index in [4.69, 9.17) is 27.9 Å². The number of ether oxygens (including phenoxy) is 1. The molecule has 2 atom stereocenters. The molecular weight excluding hydrogens is 531 g/mol. The zero-order valence-corrected chi connectivity index (χ0v) is 24.7. The van der Waals surface area contributed by atoms with E-state index in [9.17, 15) is 14.7 Å². The average Bonchev–Trinajstić information content (AvgIpc) is 3.60. The van der Waals surface area contributed by atoms with Gasteiger partial charge in [0.05, 0.1) is 10.8 Å². The number of aliphatic carboxylic acids is 1. The maximum atomic E-state index is 13.0. The number of unbranched alkanes of at least 4 members (excludes halogenated alkanes) is 8. The molecule has 0 heterocycles. The fourth-order valence-corrected chi connectivity index (χ4v) is 6.25. The number of hydrogen-bond acceptors (Lipinski definition) is 3. The number of allylic oxidation sites excluding steroid dienone is 4. The van der Waals surface area contributed by atoms with Crippen molar-refractivity contribution in [2.45, 2.75) is 109 Å². The van der Waals surface area contributed by atoms with Gasteiger partial charge >= 0.3 is 11.9 Å². The molecule has 0 spiro atoms. The third-order valence-electron chi connectivity index (χ3n) is 8.28. The van der Waals surface area contributed by atoms with E-state index in [1.165, 1.54) is 12.8 Å². The van der Waals surface area contributed by atoms with Gasteiger partial charge in [0.15, 0.2) is 0 Å². The third-order valence-corrected chi connectivity index (χ3v) is 8.99. The van der Waals surface area contributed by atoms with E-state index in [0.29, 0.717) is 15.6 Å². The van der Waals surface area contributed by atoms with Crippen molar-refractivity contribution in [3.8, 4) is 0 Å². The fraction of sp³-hybridized carbons (Fsp3) is 0.576. The van der Waals surface area contributed by atoms with Crippen LogP contribution in [0, 0.1) is 10.8 Å². The van der Waals surface area contributed by atoms with Crippen LogP contribution in [0.4, 0.5) is 0 Å². The van der Waals surface area contributed by atoms with Gasteiger partial charge in [0.1, 0.15) is 6.61 Å². The zero-order valence-electron chi connectivity index (χ0n) is 23.1. The number of halogens is 2. The van der Waals surface area contributed by atoms with E-state index >= 15 is 0 Å². The predicted octanol–water partition coefficient (Wildman–Crippen LogP) is 10.0. The summed E-state index contributed by atoms with van der Waals surface area (Å²) in [6.07, 6.45) is 28.7. The van der Waals surface area contributed by atoms with Gasteiger partial charge in [-0.1, -0.05) is 104 Å². The van der Waals surface area contributed by atoms with E-state index in [-0.39, 0.29) is 12.6 Å². The molecule has 214 valence electrons. The first kappa shape index (κ1) is 31.5. The first-order valence-electron chi connectivity index (χ1n) is 14.7. The molecule has 1 aromatic rings. The summed E-state index contributed by atoms with van der Waals surface area (Å²) in [4.78, 5) is 24.6. The van der Waals surface area contributed by atoms with Crippen molar-refractivity contribution in [1.29, 1.82) is 0 Å². The third kappa shape index (κ3) is 9.53. The number of carboxylic acid groups (broad SMARTS) is 1. The molecule has 1 N–H and O–H groups in total. The van der Waals surface area contributed by atoms with Gasteiger partial charge in [-0.2, -0.15) is 0 Å². The molecule has 6 heteroatoms. The summed E-state index contributed by atoms with van der Waals surface area (Å²) in [5.74, 6) is -0.834. The van der Waals surface area contributed by atoms with Crippen LogP contribution in [-0.4, -0.2) is 17.0 Å². The Kier molecular flexibility index (Phi) is 13.1. The molecule has 0 bridgehead atoms. The molecule has 0 radical (unpaired) electrons. The number of carbonyl (C=O) groups is 2. The Hall–Kier alpha value is -2.04. The molecule has 3 rings (SSSR count). The smallest absolute Gasteiger partial charge is 0.316 e. The number of esters is 1. The summed E-state index contributed by atoms with van der Waals surface area (Å²) < 4.78 is 5.68. The van der Waals surface area contributed by atoms with Crippen molar-refractivity contribution in [2.75, 3.05) is 0 Å². The Morgan fingerprint density at radius 2 is 1.31 bits per heavy atom. The second-order valence-electron chi connectivity index (χ2n) is 11.2. The first-order chi connectivity index (χ1) is 18.9. The second kappa shape index (κ2) is 16.3. The lowest BCUT2D eigenvalue weighted by Crippen LogP contribution is -2.29. The zero-order chi connectivity index (χ0) is 28.0. The van der Waals surface area contributed by atoms with Crippen LogP contribution in [0.1, 0.15) is 108 Å². The summed E-state index contributed by atoms with van der Waals surface area (Å²) in [5.41, 5.74) is -0.454. The van der Waals surface area contributed by atoms with E-state index in [0.717, 1.165) is 89.9 Å². The molecule has 0 saturated heterocycles. The largest absolute Gasteiger partial charge is 0.481 e. The van der Waals surface area contributed by atoms with Crippen LogP contribution in [0.25, 0.3) is 0 Å². The van der Waals surface area contributed by atoms with Crippen molar-refractivity contribution in [3.05, 3.63) is 70.3 Å². The minimum Gasteiger partial charge on any atom is -0.481 e. The molecule has 1 aromatic carbocycles. The molecule has 0 saturated carbocycles. The molecule has 2 aliphatic rings. The highest BCUT2D eigenvalue weighted by Crippen LogP contribution is 2.40. The summed E-state index contributed by atoms with van der Waals surface area (Å²) in [7, 11) is 0. The normalized spacial score (nSPS) is 22.2. The van der Waals surface area contributed by atoms with Crippen LogP contribution in [0.5, 0.6) is 0 Å². The highest BCUT2D eigenvalue weighted by molar-refractivity contribution is 6.35. The quantitative estimate of drug-likeness (QED) is 0.107. The van der Waals surface area contributed by atoms with Gasteiger partial charge in [-0.05, 0) is 76.3 Å². The Labute approximate surface area is 244 Å². The summed E-state index contributed by atoms with van der Waals surface area (Å²) in [6.45, 7) is 0.0995. The highest BCUT2D eigenvalue weighted by atomic mass is 35.5. The van der Waals surface area contributed by atoms with E-state index < -0.39 is 16.8 Å². The number of carbonyl (C=O) groups excluding carboxylic acids is 1. The van der Waals surface area contributed by atoms with Crippen LogP contribution in [0.2, 0.25) is 10.0 Å². The first-order valence-corrected chi connectivity index (χ1v) is 15.5. The maximum Gasteiger partial charge on any atom is 0.316 e. The molecule has 39 heavy (non-hydrogen) atoms. The minimum absolute atomic E-state index is 0.0995. The van der Waals surface area contributed by atoms with Crippen LogP contribution in [-0.2, 0) is 20.9 Å². The van der Waals surface area contributed by atoms with E-state index in [1.54, 1.807) is 18.2 Å². The molecule has 4 nitrogen and oxygen atoms in total. The lowest BCUT2D eigenvalue weighted by Gasteiger charge is -2.25. The Balaban J connectivity index is 1.22. The molecule has 2 unspecified atom stereocenters. The van der Waals surface area contributed by atoms with Gasteiger partial charge in [0.2, 0.25) is 0 Å². The van der Waals surface area contributed by atoms with Gasteiger partial charge in [-0.25, -0.2) is 0 Å². The van der Waals surface area contributed by atoms with Crippen LogP contribution in [0.15, 0.2) is 54.7 Å². The standard InChI is InChI=1S/C33H44Cl2O4/c34-28-18-17-19-29(35)27(28)26-39-31(38)33(24-15-16-25-33)23-12-10-8-6-4-2-1-3-5-7-9-11-20-32(30(36)37)21-13-14-22-32/h1-2,13,15,17-19,21,24H,3-12,14,16,20,22-23,25-26H2,(H,36,37)/b2-1-. The summed E-state index contributed by atoms with van der Waals surface area (Å²) in [5, 5.41) is 10.6. The number of carboxylic acids is 1. The lowest BCUT2D eigenvalue weighted by molar-refractivity contribution is -0.155. The predicted molar refractivity (Wildman–Crippen MR) is 160 cm³/mol. The monoisotopic (exact) mass is 574 g/mol. The summed E-state index contributed by atoms with van der Waals surface area (Å²) >= 11 is 12.5. The molecule has 2 aliphatic carbocycles. The van der Waals surface area contributed by atoms with Gasteiger partial charge in [0.25, 0.3) is 0 Å². The van der Waals surface area contributed by atoms with Gasteiger partial charge in [-0.3, -0.25) is 9.59 Å². The molecule has 0 aromatic heterocycles. The average molecular weight is 576 g/mol.